The van der Waals surface area contributed by atoms with Crippen LogP contribution in [0.3, 0.4) is 0 Å². The van der Waals surface area contributed by atoms with Gasteiger partial charge in [-0.2, -0.15) is 0 Å². The van der Waals surface area contributed by atoms with Crippen LogP contribution < -0.4 is 0 Å². The summed E-state index contributed by atoms with van der Waals surface area (Å²) in [5.74, 6) is -0.279. The van der Waals surface area contributed by atoms with Gasteiger partial charge in [-0.3, -0.25) is 0 Å². The third-order valence-electron chi connectivity index (χ3n) is 6.17. The monoisotopic (exact) mass is 334 g/mol. The maximum Gasteiger partial charge on any atom is 0.334 e. The first-order valence-electron chi connectivity index (χ1n) is 9.17. The fourth-order valence-corrected chi connectivity index (χ4v) is 4.06. The van der Waals surface area contributed by atoms with Gasteiger partial charge in [0.05, 0.1) is 17.3 Å². The molecule has 2 bridgehead atoms. The minimum atomic E-state index is -1.00. The van der Waals surface area contributed by atoms with Crippen molar-refractivity contribution in [1.82, 2.24) is 0 Å². The average Bonchev–Trinajstić information content (AvgIpc) is 3.16. The molecule has 5 unspecified atom stereocenters. The van der Waals surface area contributed by atoms with Gasteiger partial charge in [0, 0.05) is 5.57 Å². The van der Waals surface area contributed by atoms with Crippen molar-refractivity contribution in [2.24, 2.45) is 5.92 Å². The Hall–Kier alpha value is -1.13. The summed E-state index contributed by atoms with van der Waals surface area (Å²) < 4.78 is 11.4. The molecule has 1 N–H and O–H groups in total. The molecule has 4 nitrogen and oxygen atoms in total. The molecule has 0 aromatic heterocycles. The van der Waals surface area contributed by atoms with Gasteiger partial charge in [0.2, 0.25) is 0 Å². The first-order chi connectivity index (χ1) is 11.2. The Morgan fingerprint density at radius 3 is 2.75 bits per heavy atom. The van der Waals surface area contributed by atoms with Crippen molar-refractivity contribution < 1.29 is 19.4 Å². The fourth-order valence-electron chi connectivity index (χ4n) is 4.06. The second-order valence-electron chi connectivity index (χ2n) is 8.29. The van der Waals surface area contributed by atoms with Crippen molar-refractivity contribution in [3.05, 3.63) is 23.8 Å². The van der Waals surface area contributed by atoms with Crippen molar-refractivity contribution in [3.63, 3.8) is 0 Å². The van der Waals surface area contributed by atoms with Gasteiger partial charge < -0.3 is 14.6 Å². The van der Waals surface area contributed by atoms with Crippen LogP contribution in [0.1, 0.15) is 65.7 Å². The van der Waals surface area contributed by atoms with E-state index < -0.39 is 11.7 Å². The molecule has 3 aliphatic rings. The number of rotatable bonds is 0. The number of esters is 1. The largest absolute Gasteiger partial charge is 0.456 e. The third kappa shape index (κ3) is 3.60. The maximum absolute atomic E-state index is 12.2. The lowest BCUT2D eigenvalue weighted by molar-refractivity contribution is -0.168. The summed E-state index contributed by atoms with van der Waals surface area (Å²) in [4.78, 5) is 12.2. The molecule has 5 atom stereocenters. The van der Waals surface area contributed by atoms with E-state index in [9.17, 15) is 9.90 Å². The fraction of sp³-hybridized carbons (Fsp3) is 0.750. The normalized spacial score (nSPS) is 46.2. The Morgan fingerprint density at radius 1 is 1.25 bits per heavy atom. The zero-order chi connectivity index (χ0) is 17.5. The second-order valence-corrected chi connectivity index (χ2v) is 8.29. The summed E-state index contributed by atoms with van der Waals surface area (Å²) in [7, 11) is 0. The van der Waals surface area contributed by atoms with Crippen molar-refractivity contribution >= 4 is 5.97 Å². The van der Waals surface area contributed by atoms with E-state index in [-0.39, 0.29) is 17.5 Å². The van der Waals surface area contributed by atoms with Gasteiger partial charge in [0.25, 0.3) is 0 Å². The van der Waals surface area contributed by atoms with E-state index in [0.29, 0.717) is 24.5 Å². The molecule has 0 aromatic carbocycles. The minimum absolute atomic E-state index is 0.0654. The van der Waals surface area contributed by atoms with E-state index >= 15 is 0 Å². The molecule has 4 heteroatoms. The quantitative estimate of drug-likeness (QED) is 0.318. The van der Waals surface area contributed by atoms with Gasteiger partial charge in [0.1, 0.15) is 6.10 Å². The van der Waals surface area contributed by atoms with Crippen LogP contribution in [0.5, 0.6) is 0 Å². The molecule has 2 heterocycles. The van der Waals surface area contributed by atoms with Crippen LogP contribution in [0, 0.1) is 5.92 Å². The molecule has 2 aliphatic heterocycles. The molecule has 134 valence electrons. The van der Waals surface area contributed by atoms with Crippen LogP contribution >= 0.6 is 0 Å². The number of carbonyl (C=O) groups is 1. The summed E-state index contributed by atoms with van der Waals surface area (Å²) in [5, 5.41) is 10.8. The molecule has 0 saturated carbocycles. The molecule has 0 aromatic rings. The predicted molar refractivity (Wildman–Crippen MR) is 92.5 cm³/mol. The highest BCUT2D eigenvalue weighted by atomic mass is 16.6. The van der Waals surface area contributed by atoms with Crippen LogP contribution in [0.4, 0.5) is 0 Å². The van der Waals surface area contributed by atoms with Gasteiger partial charge in [-0.05, 0) is 71.6 Å². The van der Waals surface area contributed by atoms with Crippen LogP contribution in [0.15, 0.2) is 23.8 Å². The molecular weight excluding hydrogens is 304 g/mol. The number of fused-ring (bicyclic) bond motifs is 3. The van der Waals surface area contributed by atoms with Crippen molar-refractivity contribution in [2.45, 2.75) is 89.1 Å². The minimum Gasteiger partial charge on any atom is -0.456 e. The van der Waals surface area contributed by atoms with Crippen molar-refractivity contribution in [2.75, 3.05) is 0 Å². The highest BCUT2D eigenvalue weighted by molar-refractivity contribution is 5.89. The lowest BCUT2D eigenvalue weighted by Crippen LogP contribution is -2.47. The number of epoxide rings is 1. The molecule has 1 aliphatic carbocycles. The second kappa shape index (κ2) is 6.30. The summed E-state index contributed by atoms with van der Waals surface area (Å²) in [6.07, 6.45) is 7.98. The van der Waals surface area contributed by atoms with Crippen LogP contribution in [-0.2, 0) is 14.3 Å². The highest BCUT2D eigenvalue weighted by Gasteiger charge is 2.52. The smallest absolute Gasteiger partial charge is 0.334 e. The number of hydrogen-bond acceptors (Lipinski definition) is 4. The zero-order valence-electron chi connectivity index (χ0n) is 15.1. The predicted octanol–water partition coefficient (Wildman–Crippen LogP) is 3.68. The zero-order valence-corrected chi connectivity index (χ0v) is 15.1. The van der Waals surface area contributed by atoms with E-state index in [1.807, 2.05) is 0 Å². The molecule has 24 heavy (non-hydrogen) atoms. The number of hydrogen-bond donors (Lipinski definition) is 1. The number of carbonyl (C=O) groups excluding carboxylic acids is 1. The Balaban J connectivity index is 1.80. The van der Waals surface area contributed by atoms with Crippen molar-refractivity contribution in [3.8, 4) is 0 Å². The summed E-state index contributed by atoms with van der Waals surface area (Å²) in [6, 6.07) is 0. The molecule has 3 rings (SSSR count). The Morgan fingerprint density at radius 2 is 2.00 bits per heavy atom. The van der Waals surface area contributed by atoms with E-state index in [4.69, 9.17) is 9.47 Å². The van der Waals surface area contributed by atoms with E-state index in [2.05, 4.69) is 26.5 Å². The number of allylic oxidation sites excluding steroid dienone is 2. The van der Waals surface area contributed by atoms with Gasteiger partial charge >= 0.3 is 5.97 Å². The van der Waals surface area contributed by atoms with Gasteiger partial charge in [-0.15, -0.1) is 0 Å². The van der Waals surface area contributed by atoms with Gasteiger partial charge in [0.15, 0.2) is 0 Å². The molecule has 2 fully saturated rings. The Labute approximate surface area is 144 Å². The SMILES string of the molecule is C=C1C(=O)OC2CC1CCC1(C)OC1CC/C(C)=C\CCC2(C)O. The Bertz CT molecular complexity index is 562. The van der Waals surface area contributed by atoms with Gasteiger partial charge in [-0.25, -0.2) is 4.79 Å². The molecule has 0 radical (unpaired) electrons. The number of aliphatic hydroxyl groups is 1. The van der Waals surface area contributed by atoms with Crippen molar-refractivity contribution in [1.29, 1.82) is 0 Å². The molecule has 0 amide bonds. The third-order valence-corrected chi connectivity index (χ3v) is 6.17. The van der Waals surface area contributed by atoms with Crippen LogP contribution in [0.25, 0.3) is 0 Å². The summed E-state index contributed by atoms with van der Waals surface area (Å²) >= 11 is 0. The lowest BCUT2D eigenvalue weighted by Gasteiger charge is -2.39. The van der Waals surface area contributed by atoms with Crippen LogP contribution in [-0.4, -0.2) is 34.5 Å². The molecule has 2 saturated heterocycles. The molecular formula is C20H30O4. The van der Waals surface area contributed by atoms with E-state index in [1.165, 1.54) is 5.57 Å². The van der Waals surface area contributed by atoms with E-state index in [1.54, 1.807) is 6.92 Å². The number of ether oxygens (including phenoxy) is 2. The Kier molecular flexibility index (Phi) is 4.65. The topological polar surface area (TPSA) is 59.1 Å². The van der Waals surface area contributed by atoms with Crippen LogP contribution in [0.2, 0.25) is 0 Å². The van der Waals surface area contributed by atoms with E-state index in [0.717, 1.165) is 32.1 Å². The average molecular weight is 334 g/mol. The molecule has 0 spiro atoms. The summed E-state index contributed by atoms with van der Waals surface area (Å²) in [5.41, 5.74) is 0.820. The first-order valence-corrected chi connectivity index (χ1v) is 9.17. The highest BCUT2D eigenvalue weighted by Crippen LogP contribution is 2.46. The lowest BCUT2D eigenvalue weighted by atomic mass is 9.79. The maximum atomic E-state index is 12.2. The summed E-state index contributed by atoms with van der Waals surface area (Å²) in [6.45, 7) is 10.0. The standard InChI is InChI=1S/C20H30O4/c1-13-6-5-10-19(3,22)17-12-15(14(2)18(21)23-17)9-11-20(4)16(24-20)8-7-13/h6,15-17,22H,2,5,7-12H2,1,3-4H3/b13-6-. The van der Waals surface area contributed by atoms with Gasteiger partial charge in [-0.1, -0.05) is 18.2 Å². The first kappa shape index (κ1) is 17.7.